The van der Waals surface area contributed by atoms with E-state index in [-0.39, 0.29) is 12.2 Å². The predicted octanol–water partition coefficient (Wildman–Crippen LogP) is 2.42. The smallest absolute Gasteiger partial charge is 0.260 e. The van der Waals surface area contributed by atoms with Crippen LogP contribution in [0.15, 0.2) is 24.3 Å². The third-order valence-electron chi connectivity index (χ3n) is 4.88. The first-order valence-electron chi connectivity index (χ1n) is 8.61. The molecular weight excluding hydrogens is 324 g/mol. The monoisotopic (exact) mass is 346 g/mol. The Bertz CT molecular complexity index is 799. The van der Waals surface area contributed by atoms with Gasteiger partial charge in [0.25, 0.3) is 5.79 Å². The van der Waals surface area contributed by atoms with Crippen molar-refractivity contribution in [3.63, 3.8) is 0 Å². The van der Waals surface area contributed by atoms with Gasteiger partial charge in [-0.15, -0.1) is 0 Å². The molecule has 2 aromatic rings. The lowest BCUT2D eigenvalue weighted by Gasteiger charge is -2.39. The number of ether oxygens (including phenoxy) is 5. The van der Waals surface area contributed by atoms with Crippen LogP contribution in [0, 0.1) is 0 Å². The second-order valence-corrected chi connectivity index (χ2v) is 7.76. The minimum Gasteiger partial charge on any atom is -0.342 e. The van der Waals surface area contributed by atoms with Crippen LogP contribution in [-0.2, 0) is 29.5 Å². The zero-order valence-electron chi connectivity index (χ0n) is 14.7. The maximum absolute atomic E-state index is 6.26. The van der Waals surface area contributed by atoms with Crippen LogP contribution in [-0.4, -0.2) is 46.5 Å². The van der Waals surface area contributed by atoms with Gasteiger partial charge in [0.1, 0.15) is 12.2 Å². The Kier molecular flexibility index (Phi) is 3.02. The molecule has 0 saturated carbocycles. The Morgan fingerprint density at radius 3 is 2.64 bits per heavy atom. The van der Waals surface area contributed by atoms with Gasteiger partial charge in [-0.1, -0.05) is 12.1 Å². The molecule has 0 spiro atoms. The van der Waals surface area contributed by atoms with Crippen molar-refractivity contribution in [2.45, 2.75) is 63.4 Å². The molecular formula is C18H22N2O5. The molecule has 25 heavy (non-hydrogen) atoms. The van der Waals surface area contributed by atoms with Crippen LogP contribution in [0.1, 0.15) is 33.5 Å². The standard InChI is InChI=1S/C18H22N2O5/c1-16(2)22-12-9-21-18(14(13(12)23-16)24-17(3,4)25-18)15-19-10-7-5-6-8-11(10)20-15/h5-8,12-14H,9H2,1-4H3,(H,19,20)/t12-,13-,14+,18-/m1/s1. The highest BCUT2D eigenvalue weighted by Gasteiger charge is 2.67. The third kappa shape index (κ3) is 2.27. The van der Waals surface area contributed by atoms with Crippen LogP contribution in [0.25, 0.3) is 11.0 Å². The Hall–Kier alpha value is -1.51. The average Bonchev–Trinajstić information content (AvgIpc) is 3.16. The van der Waals surface area contributed by atoms with E-state index in [0.29, 0.717) is 12.4 Å². The van der Waals surface area contributed by atoms with Gasteiger partial charge < -0.3 is 28.7 Å². The van der Waals surface area contributed by atoms with E-state index < -0.39 is 23.5 Å². The highest BCUT2D eigenvalue weighted by atomic mass is 16.9. The second kappa shape index (κ2) is 4.81. The van der Waals surface area contributed by atoms with Crippen LogP contribution in [0.4, 0.5) is 0 Å². The van der Waals surface area contributed by atoms with Crippen LogP contribution in [0.2, 0.25) is 0 Å². The van der Waals surface area contributed by atoms with Gasteiger partial charge in [0.15, 0.2) is 23.5 Å². The lowest BCUT2D eigenvalue weighted by molar-refractivity contribution is -0.293. The molecule has 0 aliphatic carbocycles. The molecule has 5 rings (SSSR count). The normalized spacial score (nSPS) is 38.6. The van der Waals surface area contributed by atoms with Crippen molar-refractivity contribution in [1.29, 1.82) is 0 Å². The summed E-state index contributed by atoms with van der Waals surface area (Å²) in [7, 11) is 0. The van der Waals surface area contributed by atoms with Gasteiger partial charge in [-0.25, -0.2) is 4.98 Å². The summed E-state index contributed by atoms with van der Waals surface area (Å²) in [4.78, 5) is 8.03. The van der Waals surface area contributed by atoms with E-state index in [1.165, 1.54) is 0 Å². The van der Waals surface area contributed by atoms with E-state index in [4.69, 9.17) is 28.7 Å². The van der Waals surface area contributed by atoms with Gasteiger partial charge in [0, 0.05) is 0 Å². The Balaban J connectivity index is 1.62. The molecule has 7 nitrogen and oxygen atoms in total. The van der Waals surface area contributed by atoms with Crippen LogP contribution >= 0.6 is 0 Å². The SMILES string of the molecule is CC1(C)O[C@@H]2[C@@H](CO[C@@]3(c4nc5ccccc5[nH]4)OC(C)(C)O[C@@H]23)O1. The fourth-order valence-corrected chi connectivity index (χ4v) is 4.05. The van der Waals surface area contributed by atoms with E-state index in [2.05, 4.69) is 4.98 Å². The van der Waals surface area contributed by atoms with E-state index in [1.807, 2.05) is 52.0 Å². The lowest BCUT2D eigenvalue weighted by atomic mass is 9.96. The molecule has 1 aromatic heterocycles. The van der Waals surface area contributed by atoms with Crippen molar-refractivity contribution in [3.8, 4) is 0 Å². The van der Waals surface area contributed by atoms with Gasteiger partial charge in [-0.2, -0.15) is 0 Å². The number of aromatic nitrogens is 2. The first-order valence-corrected chi connectivity index (χ1v) is 8.61. The van der Waals surface area contributed by atoms with Crippen LogP contribution in [0.3, 0.4) is 0 Å². The molecule has 0 bridgehead atoms. The van der Waals surface area contributed by atoms with Crippen molar-refractivity contribution >= 4 is 11.0 Å². The molecule has 3 aliphatic rings. The van der Waals surface area contributed by atoms with Crippen molar-refractivity contribution in [2.75, 3.05) is 6.61 Å². The highest BCUT2D eigenvalue weighted by Crippen LogP contribution is 2.51. The quantitative estimate of drug-likeness (QED) is 0.855. The minimum absolute atomic E-state index is 0.199. The Morgan fingerprint density at radius 1 is 1.04 bits per heavy atom. The largest absolute Gasteiger partial charge is 0.342 e. The molecule has 1 N–H and O–H groups in total. The molecule has 3 aliphatic heterocycles. The van der Waals surface area contributed by atoms with Gasteiger partial charge in [0.05, 0.1) is 17.6 Å². The second-order valence-electron chi connectivity index (χ2n) is 7.76. The fourth-order valence-electron chi connectivity index (χ4n) is 4.05. The predicted molar refractivity (Wildman–Crippen MR) is 87.6 cm³/mol. The van der Waals surface area contributed by atoms with E-state index in [1.54, 1.807) is 0 Å². The number of benzene rings is 1. The number of aromatic amines is 1. The van der Waals surface area contributed by atoms with Gasteiger partial charge in [0.2, 0.25) is 0 Å². The number of hydrogen-bond donors (Lipinski definition) is 1. The zero-order valence-corrected chi connectivity index (χ0v) is 14.7. The summed E-state index contributed by atoms with van der Waals surface area (Å²) in [6, 6.07) is 7.84. The van der Waals surface area contributed by atoms with Crippen molar-refractivity contribution in [1.82, 2.24) is 9.97 Å². The maximum atomic E-state index is 6.26. The zero-order chi connectivity index (χ0) is 17.4. The van der Waals surface area contributed by atoms with Crippen LogP contribution < -0.4 is 0 Å². The summed E-state index contributed by atoms with van der Waals surface area (Å²) in [5, 5.41) is 0. The van der Waals surface area contributed by atoms with Gasteiger partial charge >= 0.3 is 0 Å². The number of nitrogens with zero attached hydrogens (tertiary/aromatic N) is 1. The number of rotatable bonds is 1. The molecule has 134 valence electrons. The minimum atomic E-state index is -1.15. The summed E-state index contributed by atoms with van der Waals surface area (Å²) < 4.78 is 30.7. The molecule has 4 heterocycles. The fraction of sp³-hybridized carbons (Fsp3) is 0.611. The molecule has 0 unspecified atom stereocenters. The van der Waals surface area contributed by atoms with Gasteiger partial charge in [-0.3, -0.25) is 0 Å². The van der Waals surface area contributed by atoms with Crippen molar-refractivity contribution in [2.24, 2.45) is 0 Å². The van der Waals surface area contributed by atoms with Gasteiger partial charge in [-0.05, 0) is 39.8 Å². The summed E-state index contributed by atoms with van der Waals surface area (Å²) >= 11 is 0. The van der Waals surface area contributed by atoms with E-state index >= 15 is 0 Å². The molecule has 0 amide bonds. The van der Waals surface area contributed by atoms with Crippen molar-refractivity contribution < 1.29 is 23.7 Å². The maximum Gasteiger partial charge on any atom is 0.260 e. The third-order valence-corrected chi connectivity index (χ3v) is 4.88. The summed E-state index contributed by atoms with van der Waals surface area (Å²) in [6.07, 6.45) is -0.975. The molecule has 0 radical (unpaired) electrons. The Labute approximate surface area is 145 Å². The molecule has 4 atom stereocenters. The van der Waals surface area contributed by atoms with Crippen LogP contribution in [0.5, 0.6) is 0 Å². The number of fused-ring (bicyclic) bond motifs is 4. The number of nitrogens with one attached hydrogen (secondary N) is 1. The molecule has 7 heteroatoms. The number of imidazole rings is 1. The molecule has 3 saturated heterocycles. The number of hydrogen-bond acceptors (Lipinski definition) is 6. The highest BCUT2D eigenvalue weighted by molar-refractivity contribution is 5.74. The van der Waals surface area contributed by atoms with E-state index in [0.717, 1.165) is 11.0 Å². The summed E-state index contributed by atoms with van der Waals surface area (Å²) in [5.74, 6) is -2.06. The summed E-state index contributed by atoms with van der Waals surface area (Å²) in [6.45, 7) is 7.88. The topological polar surface area (TPSA) is 74.8 Å². The molecule has 3 fully saturated rings. The first-order chi connectivity index (χ1) is 11.8. The lowest BCUT2D eigenvalue weighted by Crippen LogP contribution is -2.56. The summed E-state index contributed by atoms with van der Waals surface area (Å²) in [5.41, 5.74) is 1.78. The van der Waals surface area contributed by atoms with E-state index in [9.17, 15) is 0 Å². The molecule has 1 aromatic carbocycles. The Morgan fingerprint density at radius 2 is 1.84 bits per heavy atom. The number of para-hydroxylation sites is 2. The first kappa shape index (κ1) is 15.7. The number of H-pyrrole nitrogens is 1. The average molecular weight is 346 g/mol. The van der Waals surface area contributed by atoms with Crippen molar-refractivity contribution in [3.05, 3.63) is 30.1 Å².